The number of rotatable bonds is 7. The summed E-state index contributed by atoms with van der Waals surface area (Å²) >= 11 is 1.44. The molecular formula is C19H21FN2O3S. The summed E-state index contributed by atoms with van der Waals surface area (Å²) in [5.74, 6) is -0.553. The van der Waals surface area contributed by atoms with Crippen LogP contribution in [-0.2, 0) is 15.3 Å². The van der Waals surface area contributed by atoms with Crippen molar-refractivity contribution < 1.29 is 18.7 Å². The van der Waals surface area contributed by atoms with E-state index >= 15 is 0 Å². The average molecular weight is 376 g/mol. The van der Waals surface area contributed by atoms with Crippen molar-refractivity contribution in [2.75, 3.05) is 5.75 Å². The van der Waals surface area contributed by atoms with E-state index in [0.717, 1.165) is 5.56 Å². The molecule has 1 atom stereocenters. The van der Waals surface area contributed by atoms with Gasteiger partial charge in [-0.25, -0.2) is 4.39 Å². The number of thioether (sulfide) groups is 1. The molecule has 0 aromatic heterocycles. The number of amides is 2. The Morgan fingerprint density at radius 3 is 2.50 bits per heavy atom. The fourth-order valence-electron chi connectivity index (χ4n) is 2.00. The Hall–Kier alpha value is -2.54. The van der Waals surface area contributed by atoms with Crippen LogP contribution in [0.1, 0.15) is 18.1 Å². The monoisotopic (exact) mass is 376 g/mol. The lowest BCUT2D eigenvalue weighted by Crippen LogP contribution is -2.47. The number of carbonyl (C=O) groups is 2. The molecule has 0 aliphatic rings. The van der Waals surface area contributed by atoms with E-state index in [0.29, 0.717) is 5.75 Å². The summed E-state index contributed by atoms with van der Waals surface area (Å²) in [6.07, 6.45) is -0.951. The molecule has 0 aliphatic heterocycles. The molecule has 0 saturated carbocycles. The number of nitrogens with one attached hydrogen (secondary N) is 2. The molecule has 2 rings (SSSR count). The van der Waals surface area contributed by atoms with Gasteiger partial charge in [-0.2, -0.15) is 0 Å². The molecule has 26 heavy (non-hydrogen) atoms. The van der Waals surface area contributed by atoms with Crippen molar-refractivity contribution in [3.63, 3.8) is 0 Å². The molecule has 2 aromatic carbocycles. The fraction of sp³-hybridized carbons (Fsp3) is 0.263. The third-order valence-corrected chi connectivity index (χ3v) is 4.46. The van der Waals surface area contributed by atoms with Crippen LogP contribution in [0.2, 0.25) is 0 Å². The van der Waals surface area contributed by atoms with E-state index in [4.69, 9.17) is 4.74 Å². The number of hydrogen-bond acceptors (Lipinski definition) is 4. The minimum absolute atomic E-state index is 0.0184. The average Bonchev–Trinajstić information content (AvgIpc) is 2.63. The van der Waals surface area contributed by atoms with Gasteiger partial charge in [0, 0.05) is 5.75 Å². The van der Waals surface area contributed by atoms with Crippen LogP contribution in [0.15, 0.2) is 48.5 Å². The summed E-state index contributed by atoms with van der Waals surface area (Å²) in [5.41, 5.74) is 6.92. The first-order chi connectivity index (χ1) is 12.5. The lowest BCUT2D eigenvalue weighted by molar-refractivity contribution is -0.132. The minimum Gasteiger partial charge on any atom is -0.478 e. The first-order valence-corrected chi connectivity index (χ1v) is 9.24. The Kier molecular flexibility index (Phi) is 7.47. The molecule has 0 heterocycles. The van der Waals surface area contributed by atoms with Crippen LogP contribution in [0.4, 0.5) is 4.39 Å². The molecule has 0 aliphatic carbocycles. The van der Waals surface area contributed by atoms with Crippen LogP contribution in [-0.4, -0.2) is 23.7 Å². The van der Waals surface area contributed by atoms with Crippen molar-refractivity contribution in [3.8, 4) is 5.75 Å². The second kappa shape index (κ2) is 9.82. The van der Waals surface area contributed by atoms with Gasteiger partial charge < -0.3 is 4.74 Å². The molecule has 1 unspecified atom stereocenters. The Morgan fingerprint density at radius 2 is 1.81 bits per heavy atom. The van der Waals surface area contributed by atoms with Gasteiger partial charge in [-0.05, 0) is 31.5 Å². The van der Waals surface area contributed by atoms with E-state index in [1.165, 1.54) is 42.4 Å². The molecule has 2 N–H and O–H groups in total. The first kappa shape index (κ1) is 19.8. The molecule has 0 radical (unpaired) electrons. The lowest BCUT2D eigenvalue weighted by atomic mass is 10.2. The molecule has 0 spiro atoms. The molecule has 0 fully saturated rings. The van der Waals surface area contributed by atoms with E-state index in [1.54, 1.807) is 6.07 Å². The maximum absolute atomic E-state index is 13.5. The number of halogens is 1. The highest BCUT2D eigenvalue weighted by atomic mass is 32.2. The van der Waals surface area contributed by atoms with E-state index in [1.807, 2.05) is 31.2 Å². The molecule has 138 valence electrons. The van der Waals surface area contributed by atoms with Crippen molar-refractivity contribution in [1.82, 2.24) is 10.9 Å². The summed E-state index contributed by atoms with van der Waals surface area (Å²) in [6, 6.07) is 13.9. The van der Waals surface area contributed by atoms with Gasteiger partial charge in [0.1, 0.15) is 0 Å². The highest BCUT2D eigenvalue weighted by Gasteiger charge is 2.17. The number of para-hydroxylation sites is 1. The Bertz CT molecular complexity index is 753. The van der Waals surface area contributed by atoms with Gasteiger partial charge in [0.2, 0.25) is 5.91 Å². The number of benzene rings is 2. The maximum atomic E-state index is 13.5. The third kappa shape index (κ3) is 6.40. The van der Waals surface area contributed by atoms with Crippen molar-refractivity contribution in [1.29, 1.82) is 0 Å². The minimum atomic E-state index is -0.951. The Labute approximate surface area is 156 Å². The Balaban J connectivity index is 1.68. The predicted octanol–water partition coefficient (Wildman–Crippen LogP) is 2.98. The van der Waals surface area contributed by atoms with Gasteiger partial charge in [-0.15, -0.1) is 11.8 Å². The number of ether oxygens (including phenoxy) is 1. The van der Waals surface area contributed by atoms with Crippen LogP contribution in [0.25, 0.3) is 0 Å². The van der Waals surface area contributed by atoms with Crippen molar-refractivity contribution in [2.45, 2.75) is 25.7 Å². The van der Waals surface area contributed by atoms with Gasteiger partial charge in [-0.3, -0.25) is 20.4 Å². The maximum Gasteiger partial charge on any atom is 0.279 e. The van der Waals surface area contributed by atoms with Crippen molar-refractivity contribution in [3.05, 3.63) is 65.5 Å². The number of hydrazine groups is 1. The largest absolute Gasteiger partial charge is 0.478 e. The van der Waals surface area contributed by atoms with Gasteiger partial charge >= 0.3 is 0 Å². The van der Waals surface area contributed by atoms with Gasteiger partial charge in [0.05, 0.1) is 5.75 Å². The number of aryl methyl sites for hydroxylation is 1. The summed E-state index contributed by atoms with van der Waals surface area (Å²) in [5, 5.41) is 0. The smallest absolute Gasteiger partial charge is 0.279 e. The second-order valence-corrected chi connectivity index (χ2v) is 6.69. The fourth-order valence-corrected chi connectivity index (χ4v) is 2.79. The van der Waals surface area contributed by atoms with E-state index < -0.39 is 17.8 Å². The standard InChI is InChI=1S/C19H21FN2O3S/c1-13-7-9-15(10-8-13)11-26-12-18(23)21-22-19(24)14(2)25-17-6-4-3-5-16(17)20/h3-10,14H,11-12H2,1-2H3,(H,21,23)(H,22,24). The molecular weight excluding hydrogens is 355 g/mol. The highest BCUT2D eigenvalue weighted by Crippen LogP contribution is 2.17. The van der Waals surface area contributed by atoms with Crippen LogP contribution in [0.5, 0.6) is 5.75 Å². The molecule has 2 amide bonds. The van der Waals surface area contributed by atoms with Gasteiger partial charge in [0.25, 0.3) is 5.91 Å². The molecule has 7 heteroatoms. The summed E-state index contributed by atoms with van der Waals surface area (Å²) in [4.78, 5) is 23.7. The second-order valence-electron chi connectivity index (χ2n) is 5.71. The van der Waals surface area contributed by atoms with Crippen LogP contribution >= 0.6 is 11.8 Å². The first-order valence-electron chi connectivity index (χ1n) is 8.09. The van der Waals surface area contributed by atoms with Gasteiger partial charge in [0.15, 0.2) is 17.7 Å². The predicted molar refractivity (Wildman–Crippen MR) is 100 cm³/mol. The third-order valence-electron chi connectivity index (χ3n) is 3.46. The van der Waals surface area contributed by atoms with E-state index in [-0.39, 0.29) is 17.4 Å². The summed E-state index contributed by atoms with van der Waals surface area (Å²) < 4.78 is 18.7. The van der Waals surface area contributed by atoms with Crippen LogP contribution in [0, 0.1) is 12.7 Å². The van der Waals surface area contributed by atoms with E-state index in [2.05, 4.69) is 10.9 Å². The van der Waals surface area contributed by atoms with Crippen molar-refractivity contribution in [2.24, 2.45) is 0 Å². The normalized spacial score (nSPS) is 11.5. The topological polar surface area (TPSA) is 67.4 Å². The lowest BCUT2D eigenvalue weighted by Gasteiger charge is -2.15. The highest BCUT2D eigenvalue weighted by molar-refractivity contribution is 7.99. The zero-order valence-electron chi connectivity index (χ0n) is 14.6. The molecule has 2 aromatic rings. The molecule has 0 bridgehead atoms. The summed E-state index contributed by atoms with van der Waals surface area (Å²) in [7, 11) is 0. The van der Waals surface area contributed by atoms with Gasteiger partial charge in [-0.1, -0.05) is 42.0 Å². The van der Waals surface area contributed by atoms with Crippen LogP contribution in [0.3, 0.4) is 0 Å². The van der Waals surface area contributed by atoms with Crippen LogP contribution < -0.4 is 15.6 Å². The number of hydrogen-bond donors (Lipinski definition) is 2. The summed E-state index contributed by atoms with van der Waals surface area (Å²) in [6.45, 7) is 3.49. The SMILES string of the molecule is Cc1ccc(CSCC(=O)NNC(=O)C(C)Oc2ccccc2F)cc1. The quantitative estimate of drug-likeness (QED) is 0.729. The number of carbonyl (C=O) groups excluding carboxylic acids is 2. The molecule has 0 saturated heterocycles. The van der Waals surface area contributed by atoms with E-state index in [9.17, 15) is 14.0 Å². The Morgan fingerprint density at radius 1 is 1.12 bits per heavy atom. The molecule has 5 nitrogen and oxygen atoms in total. The zero-order chi connectivity index (χ0) is 18.9. The zero-order valence-corrected chi connectivity index (χ0v) is 15.4. The van der Waals surface area contributed by atoms with Crippen molar-refractivity contribution >= 4 is 23.6 Å².